The Bertz CT molecular complexity index is 741. The number of hydrogen-bond donors (Lipinski definition) is 1. The maximum Gasteiger partial charge on any atom is 0.345 e. The lowest BCUT2D eigenvalue weighted by atomic mass is 9.79. The number of aromatic carboxylic acids is 1. The van der Waals surface area contributed by atoms with E-state index in [2.05, 4.69) is 19.9 Å². The van der Waals surface area contributed by atoms with E-state index in [4.69, 9.17) is 9.84 Å². The number of benzene rings is 1. The molecule has 0 saturated heterocycles. The van der Waals surface area contributed by atoms with E-state index in [1.54, 1.807) is 6.07 Å². The van der Waals surface area contributed by atoms with Crippen LogP contribution in [-0.2, 0) is 5.41 Å². The molecular formula is C18H18O3S. The second kappa shape index (κ2) is 5.61. The van der Waals surface area contributed by atoms with Crippen molar-refractivity contribution >= 4 is 29.5 Å². The van der Waals surface area contributed by atoms with Crippen LogP contribution in [0.2, 0.25) is 0 Å². The molecule has 0 spiro atoms. The zero-order chi connectivity index (χ0) is 15.7. The predicted octanol–water partition coefficient (Wildman–Crippen LogP) is 4.68. The summed E-state index contributed by atoms with van der Waals surface area (Å²) in [4.78, 5) is 12.2. The fourth-order valence-corrected chi connectivity index (χ4v) is 3.34. The minimum absolute atomic E-state index is 0.122. The second-order valence-electron chi connectivity index (χ2n) is 6.08. The van der Waals surface area contributed by atoms with Crippen LogP contribution in [0.4, 0.5) is 0 Å². The van der Waals surface area contributed by atoms with Crippen LogP contribution in [0.3, 0.4) is 0 Å². The van der Waals surface area contributed by atoms with E-state index in [9.17, 15) is 4.79 Å². The number of rotatable bonds is 3. The maximum absolute atomic E-state index is 10.9. The minimum atomic E-state index is -0.877. The molecule has 114 valence electrons. The molecule has 0 aliphatic carbocycles. The Balaban J connectivity index is 1.86. The molecule has 22 heavy (non-hydrogen) atoms. The van der Waals surface area contributed by atoms with Gasteiger partial charge in [-0.1, -0.05) is 26.0 Å². The van der Waals surface area contributed by atoms with Crippen molar-refractivity contribution in [2.24, 2.45) is 0 Å². The van der Waals surface area contributed by atoms with Crippen molar-refractivity contribution in [3.63, 3.8) is 0 Å². The number of carbonyl (C=O) groups is 1. The first-order chi connectivity index (χ1) is 10.5. The lowest BCUT2D eigenvalue weighted by Crippen LogP contribution is -2.26. The van der Waals surface area contributed by atoms with Crippen molar-refractivity contribution in [3.8, 4) is 5.75 Å². The van der Waals surface area contributed by atoms with Gasteiger partial charge in [-0.2, -0.15) is 0 Å². The van der Waals surface area contributed by atoms with Crippen LogP contribution in [-0.4, -0.2) is 17.7 Å². The molecule has 0 bridgehead atoms. The van der Waals surface area contributed by atoms with Crippen LogP contribution in [0.25, 0.3) is 12.2 Å². The quantitative estimate of drug-likeness (QED) is 0.895. The first kappa shape index (κ1) is 14.9. The van der Waals surface area contributed by atoms with E-state index in [-0.39, 0.29) is 5.41 Å². The van der Waals surface area contributed by atoms with E-state index >= 15 is 0 Å². The molecule has 0 unspecified atom stereocenters. The van der Waals surface area contributed by atoms with Gasteiger partial charge in [0.2, 0.25) is 0 Å². The van der Waals surface area contributed by atoms with Gasteiger partial charge in [0.25, 0.3) is 0 Å². The van der Waals surface area contributed by atoms with Crippen LogP contribution in [0.15, 0.2) is 30.3 Å². The molecule has 0 atom stereocenters. The first-order valence-electron chi connectivity index (χ1n) is 7.24. The summed E-state index contributed by atoms with van der Waals surface area (Å²) in [6.07, 6.45) is 4.98. The van der Waals surface area contributed by atoms with E-state index in [1.165, 1.54) is 16.9 Å². The Kier molecular flexibility index (Phi) is 3.79. The van der Waals surface area contributed by atoms with Gasteiger partial charge in [0.05, 0.1) is 6.61 Å². The zero-order valence-electron chi connectivity index (χ0n) is 12.6. The van der Waals surface area contributed by atoms with E-state index in [1.807, 2.05) is 30.4 Å². The van der Waals surface area contributed by atoms with Crippen molar-refractivity contribution in [2.75, 3.05) is 6.61 Å². The highest BCUT2D eigenvalue weighted by Gasteiger charge is 2.28. The molecule has 1 aliphatic rings. The van der Waals surface area contributed by atoms with Gasteiger partial charge in [0, 0.05) is 10.4 Å². The molecule has 2 aromatic rings. The predicted molar refractivity (Wildman–Crippen MR) is 89.8 cm³/mol. The summed E-state index contributed by atoms with van der Waals surface area (Å²) < 4.78 is 5.72. The molecule has 4 heteroatoms. The van der Waals surface area contributed by atoms with Crippen LogP contribution in [0.1, 0.15) is 45.9 Å². The van der Waals surface area contributed by atoms with Gasteiger partial charge in [0.1, 0.15) is 10.6 Å². The van der Waals surface area contributed by atoms with E-state index < -0.39 is 5.97 Å². The highest BCUT2D eigenvalue weighted by molar-refractivity contribution is 7.14. The molecule has 0 radical (unpaired) electrons. The van der Waals surface area contributed by atoms with E-state index in [0.717, 1.165) is 29.2 Å². The summed E-state index contributed by atoms with van der Waals surface area (Å²) in [7, 11) is 0. The summed E-state index contributed by atoms with van der Waals surface area (Å²) >= 11 is 1.28. The lowest BCUT2D eigenvalue weighted by Gasteiger charge is -2.32. The third kappa shape index (κ3) is 2.92. The largest absolute Gasteiger partial charge is 0.493 e. The fourth-order valence-electron chi connectivity index (χ4n) is 2.59. The van der Waals surface area contributed by atoms with Crippen LogP contribution in [0, 0.1) is 0 Å². The number of ether oxygens (including phenoxy) is 1. The van der Waals surface area contributed by atoms with Gasteiger partial charge in [-0.3, -0.25) is 0 Å². The molecule has 0 saturated carbocycles. The molecule has 1 aliphatic heterocycles. The summed E-state index contributed by atoms with van der Waals surface area (Å²) in [5, 5.41) is 8.95. The molecule has 0 fully saturated rings. The van der Waals surface area contributed by atoms with E-state index in [0.29, 0.717) is 4.88 Å². The van der Waals surface area contributed by atoms with Crippen LogP contribution < -0.4 is 4.74 Å². The van der Waals surface area contributed by atoms with Crippen molar-refractivity contribution in [1.82, 2.24) is 0 Å². The fraction of sp³-hybridized carbons (Fsp3) is 0.278. The topological polar surface area (TPSA) is 46.5 Å². The molecule has 1 N–H and O–H groups in total. The zero-order valence-corrected chi connectivity index (χ0v) is 13.4. The SMILES string of the molecule is CC1(C)CCOc2ccc(C=Cc3ccc(C(=O)O)s3)cc21. The minimum Gasteiger partial charge on any atom is -0.493 e. The van der Waals surface area contributed by atoms with Gasteiger partial charge in [-0.15, -0.1) is 11.3 Å². The first-order valence-corrected chi connectivity index (χ1v) is 8.06. The third-order valence-electron chi connectivity index (χ3n) is 3.99. The highest BCUT2D eigenvalue weighted by Crippen LogP contribution is 2.38. The average molecular weight is 314 g/mol. The number of carboxylic acids is 1. The number of hydrogen-bond acceptors (Lipinski definition) is 3. The summed E-state index contributed by atoms with van der Waals surface area (Å²) in [6, 6.07) is 9.68. The Morgan fingerprint density at radius 3 is 2.82 bits per heavy atom. The summed E-state index contributed by atoms with van der Waals surface area (Å²) in [6.45, 7) is 5.24. The van der Waals surface area contributed by atoms with Gasteiger partial charge in [0.15, 0.2) is 0 Å². The van der Waals surface area contributed by atoms with Crippen LogP contribution in [0.5, 0.6) is 5.75 Å². The molecule has 1 aromatic carbocycles. The molecule has 2 heterocycles. The number of carboxylic acid groups (broad SMARTS) is 1. The highest BCUT2D eigenvalue weighted by atomic mass is 32.1. The average Bonchev–Trinajstić information content (AvgIpc) is 2.94. The smallest absolute Gasteiger partial charge is 0.345 e. The molecular weight excluding hydrogens is 296 g/mol. The Labute approximate surface area is 133 Å². The van der Waals surface area contributed by atoms with Gasteiger partial charge >= 0.3 is 5.97 Å². The Hall–Kier alpha value is -2.07. The van der Waals surface area contributed by atoms with Gasteiger partial charge in [-0.25, -0.2) is 4.79 Å². The van der Waals surface area contributed by atoms with Crippen molar-refractivity contribution in [3.05, 3.63) is 51.2 Å². The van der Waals surface area contributed by atoms with Crippen molar-refractivity contribution in [2.45, 2.75) is 25.7 Å². The molecule has 3 nitrogen and oxygen atoms in total. The standard InChI is InChI=1S/C18H18O3S/c1-18(2)9-10-21-15-7-4-12(11-14(15)18)3-5-13-6-8-16(22-13)17(19)20/h3-8,11H,9-10H2,1-2H3,(H,19,20). The molecule has 0 amide bonds. The van der Waals surface area contributed by atoms with Gasteiger partial charge in [-0.05, 0) is 47.7 Å². The number of thiophene rings is 1. The summed E-state index contributed by atoms with van der Waals surface area (Å²) in [5.74, 6) is 0.0926. The Morgan fingerprint density at radius 1 is 1.27 bits per heavy atom. The summed E-state index contributed by atoms with van der Waals surface area (Å²) in [5.41, 5.74) is 2.46. The maximum atomic E-state index is 10.9. The molecule has 1 aromatic heterocycles. The van der Waals surface area contributed by atoms with Gasteiger partial charge < -0.3 is 9.84 Å². The van der Waals surface area contributed by atoms with Crippen molar-refractivity contribution < 1.29 is 14.6 Å². The molecule has 3 rings (SSSR count). The normalized spacial score (nSPS) is 16.3. The number of fused-ring (bicyclic) bond motifs is 1. The monoisotopic (exact) mass is 314 g/mol. The Morgan fingerprint density at radius 2 is 2.09 bits per heavy atom. The van der Waals surface area contributed by atoms with Crippen LogP contribution >= 0.6 is 11.3 Å². The third-order valence-corrected chi connectivity index (χ3v) is 5.03. The second-order valence-corrected chi connectivity index (χ2v) is 7.19. The lowest BCUT2D eigenvalue weighted by molar-refractivity contribution is 0.0702. The van der Waals surface area contributed by atoms with Crippen molar-refractivity contribution in [1.29, 1.82) is 0 Å².